The topological polar surface area (TPSA) is 113 Å². The predicted octanol–water partition coefficient (Wildman–Crippen LogP) is 28.3. The number of hydrogen-bond donors (Lipinski definition) is 0. The van der Waals surface area contributed by atoms with Crippen LogP contribution in [0, 0.1) is 0 Å². The van der Waals surface area contributed by atoms with E-state index in [1.54, 1.807) is 11.3 Å². The van der Waals surface area contributed by atoms with Gasteiger partial charge in [0.1, 0.15) is 17.1 Å². The van der Waals surface area contributed by atoms with Crippen LogP contribution >= 0.6 is 22.7 Å². The molecule has 0 atom stereocenters. The van der Waals surface area contributed by atoms with Crippen LogP contribution in [0.15, 0.2) is 356 Å². The van der Waals surface area contributed by atoms with Crippen molar-refractivity contribution < 1.29 is 56.0 Å². The summed E-state index contributed by atoms with van der Waals surface area (Å²) in [6.07, 6.45) is 0. The highest BCUT2D eigenvalue weighted by Gasteiger charge is 2.50. The SMILES string of the molecule is CC1(C)c2ccccc2-c2cc(N(c3ccccc3)c3ccc4oc5c(N(c6ccccc6)c6ccc7sc8ccccc8c7c6)cc(OS(=O)(=O)C(F)(F)F)cc5c4c3)ccc21.O=S(=O)(Oc1cc(N(c2ccccc2)c2ccccc2)c2sc3ccc(-c4ccc(N(c5ccccc5)c5ccccc5)cc4)cc3c2c1)C(F)(F)F. The van der Waals surface area contributed by atoms with Crippen molar-refractivity contribution in [3.05, 3.63) is 363 Å². The van der Waals surface area contributed by atoms with Gasteiger partial charge in [0.25, 0.3) is 0 Å². The summed E-state index contributed by atoms with van der Waals surface area (Å²) in [4.78, 5) is 8.03. The van der Waals surface area contributed by atoms with Gasteiger partial charge in [-0.3, -0.25) is 0 Å². The Morgan fingerprint density at radius 3 is 1.27 bits per heavy atom. The molecule has 3 aromatic heterocycles. The molecule has 0 aliphatic heterocycles. The Bertz CT molecular complexity index is 6940. The fourth-order valence-corrected chi connectivity index (χ4v) is 18.6. The second-order valence-corrected chi connectivity index (χ2v) is 33.5. The van der Waals surface area contributed by atoms with Gasteiger partial charge in [0.05, 0.1) is 16.1 Å². The Labute approximate surface area is 671 Å². The molecule has 0 bridgehead atoms. The van der Waals surface area contributed by atoms with Gasteiger partial charge in [-0.15, -0.1) is 22.7 Å². The van der Waals surface area contributed by atoms with Gasteiger partial charge in [0.15, 0.2) is 5.58 Å². The van der Waals surface area contributed by atoms with Crippen LogP contribution in [0.5, 0.6) is 11.5 Å². The van der Waals surface area contributed by atoms with E-state index in [-0.39, 0.29) is 11.1 Å². The van der Waals surface area contributed by atoms with Crippen LogP contribution in [0.3, 0.4) is 0 Å². The second-order valence-electron chi connectivity index (χ2n) is 28.3. The van der Waals surface area contributed by atoms with Gasteiger partial charge in [-0.1, -0.05) is 190 Å². The van der Waals surface area contributed by atoms with Crippen molar-refractivity contribution >= 4 is 173 Å². The quantitative estimate of drug-likeness (QED) is 0.0493. The number of nitrogens with zero attached hydrogens (tertiary/aromatic N) is 4. The fourth-order valence-electron chi connectivity index (χ4n) is 15.5. The number of furan rings is 1. The summed E-state index contributed by atoms with van der Waals surface area (Å²) in [6.45, 7) is 4.47. The molecule has 0 saturated heterocycles. The molecule has 0 unspecified atom stereocenters. The van der Waals surface area contributed by atoms with E-state index in [1.807, 2.05) is 246 Å². The normalized spacial score (nSPS) is 12.7. The maximum absolute atomic E-state index is 14.0. The number of benzene rings is 15. The van der Waals surface area contributed by atoms with E-state index >= 15 is 0 Å². The number of rotatable bonds is 17. The lowest BCUT2D eigenvalue weighted by molar-refractivity contribution is -0.0504. The van der Waals surface area contributed by atoms with E-state index in [9.17, 15) is 43.2 Å². The molecular formula is C95H64F6N4O7S4. The highest BCUT2D eigenvalue weighted by Crippen LogP contribution is 2.54. The Balaban J connectivity index is 0.000000163. The molecule has 572 valence electrons. The summed E-state index contributed by atoms with van der Waals surface area (Å²) in [6, 6.07) is 112. The lowest BCUT2D eigenvalue weighted by Crippen LogP contribution is -2.28. The van der Waals surface area contributed by atoms with E-state index in [0.717, 1.165) is 97.1 Å². The molecule has 0 fully saturated rings. The molecule has 3 heterocycles. The zero-order chi connectivity index (χ0) is 79.8. The van der Waals surface area contributed by atoms with Gasteiger partial charge in [-0.05, 0) is 197 Å². The zero-order valence-corrected chi connectivity index (χ0v) is 64.8. The van der Waals surface area contributed by atoms with Crippen molar-refractivity contribution in [1.82, 2.24) is 0 Å². The third-order valence-electron chi connectivity index (χ3n) is 20.7. The molecule has 19 rings (SSSR count). The van der Waals surface area contributed by atoms with E-state index < -0.39 is 42.8 Å². The number of alkyl halides is 6. The fraction of sp³-hybridized carbons (Fsp3) is 0.0526. The van der Waals surface area contributed by atoms with E-state index in [1.165, 1.54) is 52.3 Å². The first-order valence-corrected chi connectivity index (χ1v) is 41.3. The largest absolute Gasteiger partial charge is 0.534 e. The van der Waals surface area contributed by atoms with Crippen molar-refractivity contribution in [1.29, 1.82) is 0 Å². The van der Waals surface area contributed by atoms with Crippen LogP contribution < -0.4 is 28.0 Å². The van der Waals surface area contributed by atoms with Gasteiger partial charge < -0.3 is 32.4 Å². The highest BCUT2D eigenvalue weighted by molar-refractivity contribution is 7.88. The molecule has 0 spiro atoms. The van der Waals surface area contributed by atoms with E-state index in [0.29, 0.717) is 44.4 Å². The lowest BCUT2D eigenvalue weighted by atomic mass is 9.82. The van der Waals surface area contributed by atoms with Crippen molar-refractivity contribution in [2.24, 2.45) is 0 Å². The Kier molecular flexibility index (Phi) is 18.8. The average molecular weight is 1620 g/mol. The molecule has 21 heteroatoms. The second kappa shape index (κ2) is 29.3. The number of fused-ring (bicyclic) bond motifs is 12. The van der Waals surface area contributed by atoms with Crippen molar-refractivity contribution in [3.8, 4) is 33.8 Å². The van der Waals surface area contributed by atoms with Crippen LogP contribution in [0.1, 0.15) is 25.0 Å². The highest BCUT2D eigenvalue weighted by atomic mass is 32.2. The molecule has 116 heavy (non-hydrogen) atoms. The Hall–Kier alpha value is -13.2. The maximum Gasteiger partial charge on any atom is 0.534 e. The summed E-state index contributed by atoms with van der Waals surface area (Å²) >= 11 is 3.13. The van der Waals surface area contributed by atoms with Crippen molar-refractivity contribution in [2.75, 3.05) is 19.6 Å². The first-order chi connectivity index (χ1) is 56.0. The molecule has 0 radical (unpaired) electrons. The summed E-state index contributed by atoms with van der Waals surface area (Å²) in [5.74, 6) is -0.969. The van der Waals surface area contributed by atoms with Crippen LogP contribution in [0.2, 0.25) is 0 Å². The first kappa shape index (κ1) is 74.2. The molecule has 18 aromatic rings. The minimum atomic E-state index is -6.06. The summed E-state index contributed by atoms with van der Waals surface area (Å²) < 4.78 is 153. The standard InChI is InChI=1S/C52H35F3N2O4S2.C43H29F3N2O3S2/c1-51(2)44-19-11-9-17-38(44)40-27-34(21-24-45(40)51)56(32-13-5-3-6-14-32)35-22-25-47-41(28-35)43-30-37(61-63(58,59)52(53,54)55)31-46(50(43)60-47)57(33-15-7-4-8-16-33)36-23-26-49-42(29-36)39-18-10-12-20-48(39)62-49;44-43(45,46)53(49,50)51-37-28-39-38-27-31(30-21-24-36(25-22-30)47(32-13-5-1-6-14-32)33-15-7-2-8-16-33)23-26-41(38)52-42(39)40(29-37)48(34-17-9-3-10-18-34)35-19-11-4-12-20-35/h3-31H,1-2H3;1-29H. The van der Waals surface area contributed by atoms with Gasteiger partial charge in [0, 0.05) is 121 Å². The van der Waals surface area contributed by atoms with Crippen molar-refractivity contribution in [2.45, 2.75) is 30.3 Å². The van der Waals surface area contributed by atoms with Crippen molar-refractivity contribution in [3.63, 3.8) is 0 Å². The van der Waals surface area contributed by atoms with Crippen LogP contribution in [-0.2, 0) is 25.7 Å². The number of para-hydroxylation sites is 6. The van der Waals surface area contributed by atoms with Gasteiger partial charge in [-0.25, -0.2) is 0 Å². The third-order valence-corrected chi connectivity index (χ3v) is 25.1. The van der Waals surface area contributed by atoms with Gasteiger partial charge >= 0.3 is 31.3 Å². The van der Waals surface area contributed by atoms with Crippen LogP contribution in [-0.4, -0.2) is 27.9 Å². The number of anilines is 12. The van der Waals surface area contributed by atoms with Gasteiger partial charge in [-0.2, -0.15) is 43.2 Å². The lowest BCUT2D eigenvalue weighted by Gasteiger charge is -2.27. The minimum Gasteiger partial charge on any atom is -0.454 e. The minimum absolute atomic E-state index is 0.190. The molecule has 1 aliphatic rings. The maximum atomic E-state index is 14.0. The smallest absolute Gasteiger partial charge is 0.454 e. The van der Waals surface area contributed by atoms with E-state index in [2.05, 4.69) is 115 Å². The molecule has 1 aliphatic carbocycles. The number of thiophene rings is 2. The van der Waals surface area contributed by atoms with Crippen LogP contribution in [0.25, 0.3) is 84.5 Å². The van der Waals surface area contributed by atoms with Crippen LogP contribution in [0.4, 0.5) is 94.6 Å². The molecule has 15 aromatic carbocycles. The molecule has 0 saturated carbocycles. The van der Waals surface area contributed by atoms with E-state index in [4.69, 9.17) is 12.8 Å². The third kappa shape index (κ3) is 13.7. The molecule has 11 nitrogen and oxygen atoms in total. The predicted molar refractivity (Wildman–Crippen MR) is 459 cm³/mol. The monoisotopic (exact) mass is 1610 g/mol. The molecule has 0 amide bonds. The summed E-state index contributed by atoms with van der Waals surface area (Å²) in [5.41, 5.74) is 4.95. The summed E-state index contributed by atoms with van der Waals surface area (Å²) in [7, 11) is -12.0. The van der Waals surface area contributed by atoms with Gasteiger partial charge in [0.2, 0.25) is 0 Å². The molecular weight excluding hydrogens is 1550 g/mol. The Morgan fingerprint density at radius 2 is 0.698 bits per heavy atom. The zero-order valence-electron chi connectivity index (χ0n) is 61.5. The number of hydrogen-bond acceptors (Lipinski definition) is 13. The Morgan fingerprint density at radius 1 is 0.310 bits per heavy atom. The summed E-state index contributed by atoms with van der Waals surface area (Å²) in [5, 5.41) is 4.26. The molecule has 0 N–H and O–H groups in total. The number of halogens is 6. The first-order valence-electron chi connectivity index (χ1n) is 36.8. The average Bonchev–Trinajstić information content (AvgIpc) is 1.57.